The second kappa shape index (κ2) is 12.0. The average molecular weight is 459 g/mol. The Hall–Kier alpha value is -2.22. The van der Waals surface area contributed by atoms with Gasteiger partial charge in [-0.15, -0.1) is 0 Å². The van der Waals surface area contributed by atoms with Crippen molar-refractivity contribution in [3.63, 3.8) is 0 Å². The highest BCUT2D eigenvalue weighted by Crippen LogP contribution is 2.41. The molecule has 2 heteroatoms. The summed E-state index contributed by atoms with van der Waals surface area (Å²) >= 11 is 0. The molecule has 2 aliphatic carbocycles. The van der Waals surface area contributed by atoms with E-state index in [0.717, 1.165) is 24.0 Å². The third kappa shape index (κ3) is 6.46. The first kappa shape index (κ1) is 24.9. The Kier molecular flexibility index (Phi) is 8.75. The second-order valence-electron chi connectivity index (χ2n) is 11.1. The van der Waals surface area contributed by atoms with Gasteiger partial charge in [0, 0.05) is 24.3 Å². The van der Waals surface area contributed by atoms with Crippen molar-refractivity contribution in [1.29, 1.82) is 0 Å². The largest absolute Gasteiger partial charge is 0.299 e. The van der Waals surface area contributed by atoms with E-state index in [-0.39, 0.29) is 17.6 Å². The summed E-state index contributed by atoms with van der Waals surface area (Å²) in [6, 6.07) is 16.7. The lowest BCUT2D eigenvalue weighted by atomic mass is 9.70. The first-order valence-corrected chi connectivity index (χ1v) is 13.7. The lowest BCUT2D eigenvalue weighted by Gasteiger charge is -2.34. The molecule has 0 aromatic heterocycles. The van der Waals surface area contributed by atoms with Crippen LogP contribution < -0.4 is 0 Å². The standard InChI is InChI=1S/C32H42O2/c1-23-13-17-27(18-14-23)29(25-9-5-3-6-10-25)21-32(34)30(26-11-7-4-8-12-26)22-31(33)28-19-15-24(2)16-20-28/h13-20,25-26,29-30H,3-12,21-22H2,1-2H3. The molecule has 0 heterocycles. The molecule has 0 amide bonds. The highest BCUT2D eigenvalue weighted by atomic mass is 16.1. The van der Waals surface area contributed by atoms with Gasteiger partial charge in [0.25, 0.3) is 0 Å². The van der Waals surface area contributed by atoms with E-state index in [4.69, 9.17) is 0 Å². The van der Waals surface area contributed by atoms with E-state index in [9.17, 15) is 9.59 Å². The van der Waals surface area contributed by atoms with Gasteiger partial charge in [0.2, 0.25) is 0 Å². The van der Waals surface area contributed by atoms with Gasteiger partial charge in [-0.05, 0) is 62.8 Å². The summed E-state index contributed by atoms with van der Waals surface area (Å²) in [4.78, 5) is 27.3. The lowest BCUT2D eigenvalue weighted by molar-refractivity contribution is -0.125. The fourth-order valence-electron chi connectivity index (χ4n) is 6.41. The van der Waals surface area contributed by atoms with Gasteiger partial charge >= 0.3 is 0 Å². The fourth-order valence-corrected chi connectivity index (χ4v) is 6.41. The summed E-state index contributed by atoms with van der Waals surface area (Å²) in [5.41, 5.74) is 4.49. The topological polar surface area (TPSA) is 34.1 Å². The molecular weight excluding hydrogens is 416 g/mol. The molecule has 34 heavy (non-hydrogen) atoms. The van der Waals surface area contributed by atoms with E-state index in [1.54, 1.807) is 0 Å². The van der Waals surface area contributed by atoms with Crippen LogP contribution in [0.1, 0.15) is 110 Å². The molecule has 2 aromatic carbocycles. The maximum atomic E-state index is 14.0. The predicted molar refractivity (Wildman–Crippen MR) is 140 cm³/mol. The van der Waals surface area contributed by atoms with Crippen molar-refractivity contribution >= 4 is 11.6 Å². The number of aryl methyl sites for hydroxylation is 2. The third-order valence-corrected chi connectivity index (χ3v) is 8.56. The van der Waals surface area contributed by atoms with Gasteiger partial charge in [-0.1, -0.05) is 98.2 Å². The van der Waals surface area contributed by atoms with Crippen molar-refractivity contribution < 1.29 is 9.59 Å². The van der Waals surface area contributed by atoms with Crippen molar-refractivity contribution in [2.24, 2.45) is 17.8 Å². The van der Waals surface area contributed by atoms with Crippen LogP contribution in [-0.2, 0) is 4.79 Å². The molecule has 2 saturated carbocycles. The van der Waals surface area contributed by atoms with Crippen LogP contribution in [0.2, 0.25) is 0 Å². The Balaban J connectivity index is 1.55. The molecule has 0 saturated heterocycles. The summed E-state index contributed by atoms with van der Waals surface area (Å²) < 4.78 is 0. The molecule has 0 radical (unpaired) electrons. The minimum atomic E-state index is -0.134. The molecular formula is C32H42O2. The maximum Gasteiger partial charge on any atom is 0.163 e. The zero-order valence-corrected chi connectivity index (χ0v) is 21.2. The zero-order valence-electron chi connectivity index (χ0n) is 21.2. The number of carbonyl (C=O) groups excluding carboxylic acids is 2. The number of benzene rings is 2. The van der Waals surface area contributed by atoms with E-state index >= 15 is 0 Å². The Morgan fingerprint density at radius 3 is 1.74 bits per heavy atom. The molecule has 0 N–H and O–H groups in total. The zero-order chi connectivity index (χ0) is 23.9. The van der Waals surface area contributed by atoms with Gasteiger partial charge in [-0.2, -0.15) is 0 Å². The molecule has 2 unspecified atom stereocenters. The van der Waals surface area contributed by atoms with E-state index in [2.05, 4.69) is 31.2 Å². The van der Waals surface area contributed by atoms with Crippen molar-refractivity contribution in [1.82, 2.24) is 0 Å². The maximum absolute atomic E-state index is 14.0. The van der Waals surface area contributed by atoms with Gasteiger partial charge in [0.1, 0.15) is 5.78 Å². The van der Waals surface area contributed by atoms with E-state index in [1.807, 2.05) is 31.2 Å². The Morgan fingerprint density at radius 2 is 1.18 bits per heavy atom. The number of ketones is 2. The highest BCUT2D eigenvalue weighted by Gasteiger charge is 2.35. The van der Waals surface area contributed by atoms with Crippen LogP contribution in [0.4, 0.5) is 0 Å². The monoisotopic (exact) mass is 458 g/mol. The SMILES string of the molecule is Cc1ccc(C(=O)CC(C(=O)CC(c2ccc(C)cc2)C2CCCCC2)C2CCCCC2)cc1. The molecule has 2 aliphatic rings. The molecule has 2 atom stereocenters. The van der Waals surface area contributed by atoms with Crippen LogP contribution in [-0.4, -0.2) is 11.6 Å². The second-order valence-corrected chi connectivity index (χ2v) is 11.1. The van der Waals surface area contributed by atoms with E-state index in [0.29, 0.717) is 30.5 Å². The molecule has 0 bridgehead atoms. The Bertz CT molecular complexity index is 928. The molecule has 2 fully saturated rings. The summed E-state index contributed by atoms with van der Waals surface area (Å²) in [6.45, 7) is 4.17. The van der Waals surface area contributed by atoms with E-state index < -0.39 is 0 Å². The van der Waals surface area contributed by atoms with Crippen LogP contribution in [0.3, 0.4) is 0 Å². The fraction of sp³-hybridized carbons (Fsp3) is 0.562. The van der Waals surface area contributed by atoms with Crippen LogP contribution in [0.25, 0.3) is 0 Å². The summed E-state index contributed by atoms with van der Waals surface area (Å²) in [5.74, 6) is 1.57. The summed E-state index contributed by atoms with van der Waals surface area (Å²) in [7, 11) is 0. The molecule has 0 spiro atoms. The van der Waals surface area contributed by atoms with Crippen LogP contribution >= 0.6 is 0 Å². The molecule has 2 aromatic rings. The normalized spacial score (nSPS) is 19.5. The van der Waals surface area contributed by atoms with Gasteiger partial charge in [-0.3, -0.25) is 9.59 Å². The summed E-state index contributed by atoms with van der Waals surface area (Å²) in [5, 5.41) is 0. The minimum absolute atomic E-state index is 0.133. The summed E-state index contributed by atoms with van der Waals surface area (Å²) in [6.07, 6.45) is 13.1. The van der Waals surface area contributed by atoms with Gasteiger partial charge in [0.15, 0.2) is 5.78 Å². The minimum Gasteiger partial charge on any atom is -0.299 e. The smallest absolute Gasteiger partial charge is 0.163 e. The molecule has 0 aliphatic heterocycles. The van der Waals surface area contributed by atoms with Crippen molar-refractivity contribution in [2.75, 3.05) is 0 Å². The van der Waals surface area contributed by atoms with Crippen LogP contribution in [0.5, 0.6) is 0 Å². The molecule has 182 valence electrons. The van der Waals surface area contributed by atoms with Crippen molar-refractivity contribution in [3.05, 3.63) is 70.8 Å². The van der Waals surface area contributed by atoms with Crippen LogP contribution in [0.15, 0.2) is 48.5 Å². The van der Waals surface area contributed by atoms with Gasteiger partial charge in [0.05, 0.1) is 0 Å². The number of Topliss-reactive ketones (excluding diaryl/α,β-unsaturated/α-hetero) is 2. The first-order chi connectivity index (χ1) is 16.5. The highest BCUT2D eigenvalue weighted by molar-refractivity contribution is 5.99. The van der Waals surface area contributed by atoms with Crippen molar-refractivity contribution in [2.45, 2.75) is 96.8 Å². The average Bonchev–Trinajstić information content (AvgIpc) is 2.87. The van der Waals surface area contributed by atoms with E-state index in [1.165, 1.54) is 62.5 Å². The quantitative estimate of drug-likeness (QED) is 0.354. The van der Waals surface area contributed by atoms with Gasteiger partial charge in [-0.25, -0.2) is 0 Å². The molecule has 4 rings (SSSR count). The number of rotatable bonds is 9. The number of carbonyl (C=O) groups is 2. The van der Waals surface area contributed by atoms with Gasteiger partial charge < -0.3 is 0 Å². The predicted octanol–water partition coefficient (Wildman–Crippen LogP) is 8.40. The van der Waals surface area contributed by atoms with Crippen molar-refractivity contribution in [3.8, 4) is 0 Å². The Labute approximate surface area is 206 Å². The lowest BCUT2D eigenvalue weighted by Crippen LogP contribution is -2.31. The number of hydrogen-bond acceptors (Lipinski definition) is 2. The first-order valence-electron chi connectivity index (χ1n) is 13.7. The van der Waals surface area contributed by atoms with Crippen LogP contribution in [0, 0.1) is 31.6 Å². The third-order valence-electron chi connectivity index (χ3n) is 8.56. The molecule has 2 nitrogen and oxygen atoms in total. The number of hydrogen-bond donors (Lipinski definition) is 0. The Morgan fingerprint density at radius 1 is 0.676 bits per heavy atom.